The van der Waals surface area contributed by atoms with E-state index in [1.54, 1.807) is 18.3 Å². The van der Waals surface area contributed by atoms with Gasteiger partial charge in [-0.3, -0.25) is 14.3 Å². The molecule has 0 bridgehead atoms. The summed E-state index contributed by atoms with van der Waals surface area (Å²) in [5.74, 6) is 0.996. The van der Waals surface area contributed by atoms with Crippen LogP contribution < -0.4 is 0 Å². The largest absolute Gasteiger partial charge is 0.337 e. The molecule has 0 saturated carbocycles. The van der Waals surface area contributed by atoms with Crippen molar-refractivity contribution in [2.75, 3.05) is 20.1 Å². The predicted octanol–water partition coefficient (Wildman–Crippen LogP) is 1.88. The summed E-state index contributed by atoms with van der Waals surface area (Å²) in [4.78, 5) is 25.6. The van der Waals surface area contributed by atoms with Gasteiger partial charge >= 0.3 is 0 Å². The number of amides is 1. The lowest BCUT2D eigenvalue weighted by Crippen LogP contribution is -2.25. The number of carbonyl (C=O) groups is 1. The van der Waals surface area contributed by atoms with Gasteiger partial charge in [0.1, 0.15) is 12.0 Å². The Balaban J connectivity index is 1.53. The number of hydrogen-bond acceptors (Lipinski definition) is 6. The summed E-state index contributed by atoms with van der Waals surface area (Å²) in [6, 6.07) is 7.53. The van der Waals surface area contributed by atoms with E-state index >= 15 is 0 Å². The molecule has 4 heterocycles. The lowest BCUT2D eigenvalue weighted by Gasteiger charge is -2.14. The highest BCUT2D eigenvalue weighted by molar-refractivity contribution is 5.98. The minimum atomic E-state index is -0.0180. The first-order chi connectivity index (χ1) is 13.2. The second-order valence-corrected chi connectivity index (χ2v) is 6.77. The first-order valence-electron chi connectivity index (χ1n) is 8.82. The van der Waals surface area contributed by atoms with Gasteiger partial charge in [0.05, 0.1) is 30.0 Å². The SMILES string of the molecule is CN1Cc2c(-c3noc(CN4CC=CC4)n3)ncn2-c2ccccc2C1=O. The lowest BCUT2D eigenvalue weighted by atomic mass is 10.1. The Labute approximate surface area is 155 Å². The molecule has 0 aliphatic carbocycles. The molecule has 2 aromatic heterocycles. The Morgan fingerprint density at radius 1 is 1.19 bits per heavy atom. The number of benzene rings is 1. The zero-order chi connectivity index (χ0) is 18.4. The smallest absolute Gasteiger partial charge is 0.256 e. The minimum Gasteiger partial charge on any atom is -0.337 e. The average molecular weight is 362 g/mol. The number of hydrogen-bond donors (Lipinski definition) is 0. The van der Waals surface area contributed by atoms with E-state index in [4.69, 9.17) is 4.52 Å². The highest BCUT2D eigenvalue weighted by Crippen LogP contribution is 2.29. The van der Waals surface area contributed by atoms with Crippen LogP contribution in [0, 0.1) is 0 Å². The van der Waals surface area contributed by atoms with E-state index in [-0.39, 0.29) is 5.91 Å². The minimum absolute atomic E-state index is 0.0180. The van der Waals surface area contributed by atoms with Crippen LogP contribution in [0.2, 0.25) is 0 Å². The van der Waals surface area contributed by atoms with E-state index in [1.807, 2.05) is 28.8 Å². The van der Waals surface area contributed by atoms with Gasteiger partial charge in [-0.1, -0.05) is 29.4 Å². The van der Waals surface area contributed by atoms with Gasteiger partial charge in [-0.2, -0.15) is 4.98 Å². The summed E-state index contributed by atoms with van der Waals surface area (Å²) in [7, 11) is 1.79. The summed E-state index contributed by atoms with van der Waals surface area (Å²) in [6.45, 7) is 2.81. The molecule has 5 rings (SSSR count). The van der Waals surface area contributed by atoms with Crippen molar-refractivity contribution >= 4 is 5.91 Å². The second kappa shape index (κ2) is 6.17. The third-order valence-corrected chi connectivity index (χ3v) is 4.93. The Hall–Kier alpha value is -3.26. The molecule has 0 unspecified atom stereocenters. The maximum absolute atomic E-state index is 12.7. The van der Waals surface area contributed by atoms with Gasteiger partial charge in [0.25, 0.3) is 5.91 Å². The van der Waals surface area contributed by atoms with Crippen molar-refractivity contribution in [1.29, 1.82) is 0 Å². The summed E-state index contributed by atoms with van der Waals surface area (Å²) in [5, 5.41) is 4.13. The predicted molar refractivity (Wildman–Crippen MR) is 97.1 cm³/mol. The Morgan fingerprint density at radius 3 is 2.85 bits per heavy atom. The topological polar surface area (TPSA) is 80.3 Å². The van der Waals surface area contributed by atoms with Gasteiger partial charge in [0.15, 0.2) is 0 Å². The molecule has 136 valence electrons. The molecule has 0 saturated heterocycles. The Kier molecular flexibility index (Phi) is 3.64. The summed E-state index contributed by atoms with van der Waals surface area (Å²) in [5.41, 5.74) is 2.97. The Bertz CT molecular complexity index is 1040. The number of rotatable bonds is 3. The van der Waals surface area contributed by atoms with Crippen LogP contribution in [0.3, 0.4) is 0 Å². The van der Waals surface area contributed by atoms with Gasteiger partial charge in [-0.15, -0.1) is 0 Å². The van der Waals surface area contributed by atoms with Crippen LogP contribution in [0.5, 0.6) is 0 Å². The number of fused-ring (bicyclic) bond motifs is 3. The number of carbonyl (C=O) groups excluding carboxylic acids is 1. The maximum atomic E-state index is 12.7. The van der Waals surface area contributed by atoms with Crippen LogP contribution in [0.25, 0.3) is 17.2 Å². The number of nitrogens with zero attached hydrogens (tertiary/aromatic N) is 6. The molecule has 27 heavy (non-hydrogen) atoms. The van der Waals surface area contributed by atoms with Gasteiger partial charge in [-0.05, 0) is 12.1 Å². The quantitative estimate of drug-likeness (QED) is 0.662. The molecule has 0 atom stereocenters. The molecule has 0 fully saturated rings. The maximum Gasteiger partial charge on any atom is 0.256 e. The van der Waals surface area contributed by atoms with E-state index in [9.17, 15) is 4.79 Å². The van der Waals surface area contributed by atoms with Gasteiger partial charge in [0.2, 0.25) is 11.7 Å². The second-order valence-electron chi connectivity index (χ2n) is 6.77. The lowest BCUT2D eigenvalue weighted by molar-refractivity contribution is 0.0788. The molecule has 1 aromatic carbocycles. The molecule has 8 nitrogen and oxygen atoms in total. The fraction of sp³-hybridized carbons (Fsp3) is 0.263. The van der Waals surface area contributed by atoms with E-state index in [2.05, 4.69) is 32.2 Å². The van der Waals surface area contributed by atoms with Crippen molar-refractivity contribution in [2.45, 2.75) is 13.1 Å². The number of para-hydroxylation sites is 1. The normalized spacial score (nSPS) is 16.5. The van der Waals surface area contributed by atoms with E-state index in [1.165, 1.54) is 0 Å². The summed E-state index contributed by atoms with van der Waals surface area (Å²) in [6.07, 6.45) is 5.96. The third-order valence-electron chi connectivity index (χ3n) is 4.93. The number of aromatic nitrogens is 4. The van der Waals surface area contributed by atoms with E-state index in [0.29, 0.717) is 36.1 Å². The van der Waals surface area contributed by atoms with Crippen LogP contribution in [0.4, 0.5) is 0 Å². The van der Waals surface area contributed by atoms with E-state index < -0.39 is 0 Å². The van der Waals surface area contributed by atoms with Crippen molar-refractivity contribution < 1.29 is 9.32 Å². The standard InChI is InChI=1S/C19H18N6O2/c1-23-10-15-17(18-21-16(27-22-18)11-24-8-4-5-9-24)20-12-25(15)14-7-3-2-6-13(14)19(23)26/h2-7,12H,8-11H2,1H3. The summed E-state index contributed by atoms with van der Waals surface area (Å²) >= 11 is 0. The Morgan fingerprint density at radius 2 is 2.00 bits per heavy atom. The number of imidazole rings is 1. The molecule has 2 aliphatic heterocycles. The van der Waals surface area contributed by atoms with Gasteiger partial charge < -0.3 is 9.42 Å². The van der Waals surface area contributed by atoms with Crippen LogP contribution in [-0.2, 0) is 13.1 Å². The van der Waals surface area contributed by atoms with Gasteiger partial charge in [-0.25, -0.2) is 4.98 Å². The zero-order valence-electron chi connectivity index (χ0n) is 14.9. The molecule has 3 aromatic rings. The van der Waals surface area contributed by atoms with Crippen molar-refractivity contribution in [1.82, 2.24) is 29.5 Å². The molecule has 0 spiro atoms. The molecule has 1 amide bonds. The van der Waals surface area contributed by atoms with Crippen molar-refractivity contribution in [3.05, 3.63) is 59.9 Å². The summed E-state index contributed by atoms with van der Waals surface area (Å²) < 4.78 is 7.37. The molecule has 0 N–H and O–H groups in total. The van der Waals surface area contributed by atoms with Crippen molar-refractivity contribution in [2.24, 2.45) is 0 Å². The molecule has 2 aliphatic rings. The molecule has 8 heteroatoms. The first kappa shape index (κ1) is 16.0. The van der Waals surface area contributed by atoms with Crippen molar-refractivity contribution in [3.8, 4) is 17.2 Å². The zero-order valence-corrected chi connectivity index (χ0v) is 14.9. The van der Waals surface area contributed by atoms with Crippen LogP contribution in [0.1, 0.15) is 21.9 Å². The average Bonchev–Trinajstić information content (AvgIpc) is 3.41. The van der Waals surface area contributed by atoms with Crippen LogP contribution in [-0.4, -0.2) is 55.5 Å². The first-order valence-corrected chi connectivity index (χ1v) is 8.82. The van der Waals surface area contributed by atoms with Crippen LogP contribution in [0.15, 0.2) is 47.3 Å². The molecule has 0 radical (unpaired) electrons. The van der Waals surface area contributed by atoms with Crippen LogP contribution >= 0.6 is 0 Å². The van der Waals surface area contributed by atoms with Crippen molar-refractivity contribution in [3.63, 3.8) is 0 Å². The van der Waals surface area contributed by atoms with E-state index in [0.717, 1.165) is 24.5 Å². The highest BCUT2D eigenvalue weighted by atomic mass is 16.5. The fourth-order valence-corrected chi connectivity index (χ4v) is 3.54. The highest BCUT2D eigenvalue weighted by Gasteiger charge is 2.28. The molecular weight excluding hydrogens is 344 g/mol. The fourth-order valence-electron chi connectivity index (χ4n) is 3.54. The third kappa shape index (κ3) is 2.65. The van der Waals surface area contributed by atoms with Gasteiger partial charge in [0, 0.05) is 20.1 Å². The molecular formula is C19H18N6O2. The monoisotopic (exact) mass is 362 g/mol.